The summed E-state index contributed by atoms with van der Waals surface area (Å²) in [5.74, 6) is 2.75. The van der Waals surface area contributed by atoms with Crippen LogP contribution in [0.15, 0.2) is 54.2 Å². The molecule has 2 amide bonds. The Morgan fingerprint density at radius 1 is 0.833 bits per heavy atom. The van der Waals surface area contributed by atoms with E-state index in [0.717, 1.165) is 50.5 Å². The summed E-state index contributed by atoms with van der Waals surface area (Å²) in [6, 6.07) is 10.8. The number of carbonyl (C=O) groups excluding carboxylic acids is 2. The van der Waals surface area contributed by atoms with Gasteiger partial charge in [0.05, 0.1) is 16.9 Å². The SMILES string of the molecule is CC(=CCN1CCN(CCC(=O)N2c3ccccc3C(=O)Nc3cccnc32)CC1)CCC[C@H](C)CCC[C@H](C)CCCC(C)C.Cl.Cl. The smallest absolute Gasteiger partial charge is 0.257 e. The number of pyridine rings is 1. The van der Waals surface area contributed by atoms with Crippen LogP contribution in [0.2, 0.25) is 0 Å². The Kier molecular flexibility index (Phi) is 18.8. The quantitative estimate of drug-likeness (QED) is 0.166. The molecule has 2 aliphatic heterocycles. The number of piperazine rings is 1. The summed E-state index contributed by atoms with van der Waals surface area (Å²) in [7, 11) is 0. The lowest BCUT2D eigenvalue weighted by atomic mass is 9.91. The van der Waals surface area contributed by atoms with Crippen molar-refractivity contribution in [1.29, 1.82) is 0 Å². The van der Waals surface area contributed by atoms with E-state index in [1.54, 1.807) is 29.3 Å². The number of benzene rings is 1. The number of allylic oxidation sites excluding steroid dienone is 1. The molecule has 0 radical (unpaired) electrons. The molecule has 4 rings (SSSR count). The van der Waals surface area contributed by atoms with Gasteiger partial charge in [0.2, 0.25) is 5.91 Å². The Bertz CT molecular complexity index is 1290. The van der Waals surface area contributed by atoms with Gasteiger partial charge < -0.3 is 10.2 Å². The maximum atomic E-state index is 13.6. The lowest BCUT2D eigenvalue weighted by Crippen LogP contribution is -2.47. The first kappa shape index (κ1) is 41.7. The largest absolute Gasteiger partial charge is 0.319 e. The van der Waals surface area contributed by atoms with Crippen LogP contribution in [0, 0.1) is 17.8 Å². The molecule has 9 heteroatoms. The van der Waals surface area contributed by atoms with Gasteiger partial charge in [0, 0.05) is 51.9 Å². The van der Waals surface area contributed by atoms with Crippen molar-refractivity contribution in [2.45, 2.75) is 98.8 Å². The number of hydrogen-bond acceptors (Lipinski definition) is 5. The molecule has 48 heavy (non-hydrogen) atoms. The number of anilines is 3. The van der Waals surface area contributed by atoms with Crippen molar-refractivity contribution in [2.75, 3.05) is 49.5 Å². The van der Waals surface area contributed by atoms with Gasteiger partial charge >= 0.3 is 0 Å². The molecule has 2 aromatic rings. The Morgan fingerprint density at radius 3 is 2.15 bits per heavy atom. The van der Waals surface area contributed by atoms with Gasteiger partial charge in [-0.15, -0.1) is 24.8 Å². The van der Waals surface area contributed by atoms with E-state index < -0.39 is 0 Å². The molecule has 1 aromatic heterocycles. The van der Waals surface area contributed by atoms with Crippen LogP contribution in [-0.4, -0.2) is 65.9 Å². The molecule has 0 unspecified atom stereocenters. The number of para-hydroxylation sites is 1. The second-order valence-electron chi connectivity index (χ2n) is 14.4. The van der Waals surface area contributed by atoms with Gasteiger partial charge in [-0.05, 0) is 61.8 Å². The summed E-state index contributed by atoms with van der Waals surface area (Å²) in [6.45, 7) is 17.5. The predicted molar refractivity (Wildman–Crippen MR) is 206 cm³/mol. The topological polar surface area (TPSA) is 68.8 Å². The van der Waals surface area contributed by atoms with E-state index in [1.165, 1.54) is 63.4 Å². The molecular formula is C39H61Cl2N5O2. The van der Waals surface area contributed by atoms with E-state index in [1.807, 2.05) is 18.2 Å². The minimum atomic E-state index is -0.224. The second-order valence-corrected chi connectivity index (χ2v) is 14.4. The van der Waals surface area contributed by atoms with Crippen LogP contribution in [-0.2, 0) is 4.79 Å². The lowest BCUT2D eigenvalue weighted by molar-refractivity contribution is -0.118. The third kappa shape index (κ3) is 13.1. The standard InChI is InChI=1S/C39H59N5O2.2ClH/c1-30(2)12-8-13-31(3)14-9-15-32(4)16-10-17-33(5)21-24-42-26-28-43(29-27-42)25-22-37(45)44-36-20-7-6-18-34(36)39(46)41-35-19-11-23-40-38(35)44;;/h6-7,11,18-21,23,30-32H,8-10,12-17,22,24-29H2,1-5H3,(H,41,46);2*1H/t31-,32-;;/m1../s1. The molecule has 1 N–H and O–H groups in total. The van der Waals surface area contributed by atoms with E-state index in [4.69, 9.17) is 0 Å². The van der Waals surface area contributed by atoms with Crippen molar-refractivity contribution >= 4 is 53.8 Å². The lowest BCUT2D eigenvalue weighted by Gasteiger charge is -2.34. The monoisotopic (exact) mass is 701 g/mol. The first-order valence-corrected chi connectivity index (χ1v) is 18.0. The molecule has 2 atom stereocenters. The molecule has 0 aliphatic carbocycles. The van der Waals surface area contributed by atoms with Crippen LogP contribution >= 0.6 is 24.8 Å². The number of nitrogens with zero attached hydrogens (tertiary/aromatic N) is 4. The number of rotatable bonds is 17. The molecule has 0 spiro atoms. The molecule has 1 aromatic carbocycles. The number of carbonyl (C=O) groups is 2. The second kappa shape index (κ2) is 21.6. The summed E-state index contributed by atoms with van der Waals surface area (Å²) < 4.78 is 0. The van der Waals surface area contributed by atoms with Crippen LogP contribution in [0.4, 0.5) is 17.2 Å². The van der Waals surface area contributed by atoms with Gasteiger partial charge in [0.25, 0.3) is 5.91 Å². The average Bonchev–Trinajstić information content (AvgIpc) is 3.16. The molecule has 268 valence electrons. The summed E-state index contributed by atoms with van der Waals surface area (Å²) in [4.78, 5) is 37.5. The molecule has 3 heterocycles. The summed E-state index contributed by atoms with van der Waals surface area (Å²) in [6.07, 6.45) is 16.6. The fourth-order valence-corrected chi connectivity index (χ4v) is 6.74. The summed E-state index contributed by atoms with van der Waals surface area (Å²) >= 11 is 0. The van der Waals surface area contributed by atoms with E-state index in [9.17, 15) is 9.59 Å². The molecular weight excluding hydrogens is 641 g/mol. The van der Waals surface area contributed by atoms with Crippen molar-refractivity contribution in [3.05, 3.63) is 59.8 Å². The summed E-state index contributed by atoms with van der Waals surface area (Å²) in [5.41, 5.74) is 3.13. The molecule has 1 saturated heterocycles. The zero-order chi connectivity index (χ0) is 32.9. The van der Waals surface area contributed by atoms with Crippen molar-refractivity contribution in [1.82, 2.24) is 14.8 Å². The van der Waals surface area contributed by atoms with E-state index in [-0.39, 0.29) is 36.6 Å². The average molecular weight is 703 g/mol. The Hall–Kier alpha value is -2.45. The maximum absolute atomic E-state index is 13.6. The zero-order valence-corrected chi connectivity index (χ0v) is 31.7. The minimum Gasteiger partial charge on any atom is -0.319 e. The zero-order valence-electron chi connectivity index (χ0n) is 30.1. The number of amides is 2. The van der Waals surface area contributed by atoms with Crippen molar-refractivity contribution in [3.8, 4) is 0 Å². The Labute approximate surface area is 303 Å². The van der Waals surface area contributed by atoms with Gasteiger partial charge in [-0.25, -0.2) is 4.98 Å². The van der Waals surface area contributed by atoms with Gasteiger partial charge in [-0.1, -0.05) is 96.4 Å². The summed E-state index contributed by atoms with van der Waals surface area (Å²) in [5, 5.41) is 2.91. The third-order valence-corrected chi connectivity index (χ3v) is 9.83. The van der Waals surface area contributed by atoms with Crippen LogP contribution in [0.25, 0.3) is 0 Å². The van der Waals surface area contributed by atoms with E-state index in [2.05, 4.69) is 60.8 Å². The Morgan fingerprint density at radius 2 is 1.46 bits per heavy atom. The first-order valence-electron chi connectivity index (χ1n) is 18.0. The molecule has 0 bridgehead atoms. The van der Waals surface area contributed by atoms with Crippen molar-refractivity contribution in [3.63, 3.8) is 0 Å². The van der Waals surface area contributed by atoms with Crippen LogP contribution in [0.3, 0.4) is 0 Å². The first-order chi connectivity index (χ1) is 22.2. The van der Waals surface area contributed by atoms with Gasteiger partial charge in [-0.3, -0.25) is 19.4 Å². The molecule has 2 aliphatic rings. The number of fused-ring (bicyclic) bond motifs is 2. The number of aromatic nitrogens is 1. The minimum absolute atomic E-state index is 0. The van der Waals surface area contributed by atoms with Crippen molar-refractivity contribution < 1.29 is 9.59 Å². The van der Waals surface area contributed by atoms with Gasteiger partial charge in [-0.2, -0.15) is 0 Å². The van der Waals surface area contributed by atoms with Gasteiger partial charge in [0.15, 0.2) is 5.82 Å². The highest BCUT2D eigenvalue weighted by Crippen LogP contribution is 2.36. The van der Waals surface area contributed by atoms with Crippen molar-refractivity contribution in [2.24, 2.45) is 17.8 Å². The molecule has 0 saturated carbocycles. The van der Waals surface area contributed by atoms with E-state index >= 15 is 0 Å². The molecule has 7 nitrogen and oxygen atoms in total. The number of nitrogens with one attached hydrogen (secondary N) is 1. The third-order valence-electron chi connectivity index (χ3n) is 9.83. The van der Waals surface area contributed by atoms with Crippen LogP contribution < -0.4 is 10.2 Å². The van der Waals surface area contributed by atoms with Gasteiger partial charge in [0.1, 0.15) is 0 Å². The van der Waals surface area contributed by atoms with E-state index in [0.29, 0.717) is 35.7 Å². The number of halogens is 2. The fourth-order valence-electron chi connectivity index (χ4n) is 6.74. The predicted octanol–water partition coefficient (Wildman–Crippen LogP) is 9.55. The van der Waals surface area contributed by atoms with Crippen LogP contribution in [0.1, 0.15) is 109 Å². The molecule has 1 fully saturated rings. The normalized spacial score (nSPS) is 16.6. The van der Waals surface area contributed by atoms with Crippen LogP contribution in [0.5, 0.6) is 0 Å². The highest BCUT2D eigenvalue weighted by Gasteiger charge is 2.30. The number of hydrogen-bond donors (Lipinski definition) is 1. The fraction of sp³-hybridized carbons (Fsp3) is 0.615. The maximum Gasteiger partial charge on any atom is 0.257 e. The highest BCUT2D eigenvalue weighted by atomic mass is 35.5. The highest BCUT2D eigenvalue weighted by molar-refractivity contribution is 6.17. The Balaban J connectivity index is 0.00000400.